The molecule has 0 spiro atoms. The van der Waals surface area contributed by atoms with E-state index in [1.807, 2.05) is 41.3 Å². The molecule has 1 rings (SSSR count). The number of carbonyl (C=O) groups is 1. The zero-order valence-electron chi connectivity index (χ0n) is 11.1. The second kappa shape index (κ2) is 9.83. The van der Waals surface area contributed by atoms with Crippen molar-refractivity contribution in [2.45, 2.75) is 26.2 Å². The third kappa shape index (κ3) is 6.61. The highest BCUT2D eigenvalue weighted by molar-refractivity contribution is 14.1. The molecule has 0 aliphatic rings. The minimum atomic E-state index is -0.147. The van der Waals surface area contributed by atoms with Gasteiger partial charge in [-0.3, -0.25) is 4.79 Å². The number of carbonyl (C=O) groups excluding carboxylic acids is 1. The normalized spacial score (nSPS) is 10.6. The van der Waals surface area contributed by atoms with Crippen molar-refractivity contribution in [3.63, 3.8) is 0 Å². The first-order chi connectivity index (χ1) is 9.27. The largest absolute Gasteiger partial charge is 0.493 e. The monoisotopic (exact) mass is 374 g/mol. The summed E-state index contributed by atoms with van der Waals surface area (Å²) in [4.78, 5) is 11.3. The molecule has 0 N–H and O–H groups in total. The van der Waals surface area contributed by atoms with E-state index in [0.29, 0.717) is 26.1 Å². The van der Waals surface area contributed by atoms with Gasteiger partial charge in [0.25, 0.3) is 0 Å². The standard InChI is InChI=1S/C15H19IO3/c1-2-11-19-15(17)8-5-12-18-14-7-4-3-6-13(14)9-10-16/h3-4,6-7,9-10H,2,5,8,11-12H2,1H3/b10-9+. The van der Waals surface area contributed by atoms with Gasteiger partial charge in [0.2, 0.25) is 0 Å². The van der Waals surface area contributed by atoms with E-state index in [-0.39, 0.29) is 5.97 Å². The van der Waals surface area contributed by atoms with Crippen LogP contribution >= 0.6 is 22.6 Å². The van der Waals surface area contributed by atoms with Crippen molar-refractivity contribution >= 4 is 34.6 Å². The van der Waals surface area contributed by atoms with Gasteiger partial charge in [-0.25, -0.2) is 0 Å². The molecular weight excluding hydrogens is 355 g/mol. The van der Waals surface area contributed by atoms with Gasteiger partial charge in [-0.05, 0) is 29.1 Å². The highest BCUT2D eigenvalue weighted by Crippen LogP contribution is 2.20. The summed E-state index contributed by atoms with van der Waals surface area (Å²) in [5.74, 6) is 0.697. The minimum Gasteiger partial charge on any atom is -0.493 e. The number of para-hydroxylation sites is 1. The molecule has 104 valence electrons. The first kappa shape index (κ1) is 16.0. The highest BCUT2D eigenvalue weighted by Gasteiger charge is 2.03. The van der Waals surface area contributed by atoms with E-state index >= 15 is 0 Å². The van der Waals surface area contributed by atoms with E-state index in [4.69, 9.17) is 9.47 Å². The van der Waals surface area contributed by atoms with Gasteiger partial charge in [-0.2, -0.15) is 0 Å². The third-order valence-electron chi connectivity index (χ3n) is 2.41. The molecule has 0 amide bonds. The van der Waals surface area contributed by atoms with E-state index in [2.05, 4.69) is 22.6 Å². The molecule has 0 aliphatic heterocycles. The summed E-state index contributed by atoms with van der Waals surface area (Å²) in [6, 6.07) is 7.84. The van der Waals surface area contributed by atoms with E-state index in [0.717, 1.165) is 17.7 Å². The maximum atomic E-state index is 11.3. The first-order valence-electron chi connectivity index (χ1n) is 6.42. The average Bonchev–Trinajstić information content (AvgIpc) is 2.43. The zero-order valence-corrected chi connectivity index (χ0v) is 13.3. The Balaban J connectivity index is 2.31. The van der Waals surface area contributed by atoms with E-state index < -0.39 is 0 Å². The predicted molar refractivity (Wildman–Crippen MR) is 85.5 cm³/mol. The van der Waals surface area contributed by atoms with Crippen molar-refractivity contribution in [1.82, 2.24) is 0 Å². The Morgan fingerprint density at radius 1 is 1.32 bits per heavy atom. The van der Waals surface area contributed by atoms with Crippen LogP contribution in [-0.2, 0) is 9.53 Å². The Kier molecular flexibility index (Phi) is 8.29. The Hall–Kier alpha value is -1.04. The summed E-state index contributed by atoms with van der Waals surface area (Å²) in [6.45, 7) is 3.00. The summed E-state index contributed by atoms with van der Waals surface area (Å²) in [5.41, 5.74) is 1.05. The molecule has 0 saturated carbocycles. The quantitative estimate of drug-likeness (QED) is 0.389. The number of esters is 1. The summed E-state index contributed by atoms with van der Waals surface area (Å²) in [6.07, 6.45) is 3.93. The number of rotatable bonds is 8. The lowest BCUT2D eigenvalue weighted by Gasteiger charge is -2.08. The number of hydrogen-bond donors (Lipinski definition) is 0. The van der Waals surface area contributed by atoms with Gasteiger partial charge in [-0.1, -0.05) is 47.7 Å². The maximum Gasteiger partial charge on any atom is 0.305 e. The van der Waals surface area contributed by atoms with Crippen molar-refractivity contribution in [1.29, 1.82) is 0 Å². The SMILES string of the molecule is CCCOC(=O)CCCOc1ccccc1/C=C/I. The summed E-state index contributed by atoms with van der Waals surface area (Å²) in [7, 11) is 0. The Bertz CT molecular complexity index is 416. The molecule has 0 aromatic heterocycles. The maximum absolute atomic E-state index is 11.3. The van der Waals surface area contributed by atoms with Crippen LogP contribution in [0.15, 0.2) is 28.3 Å². The average molecular weight is 374 g/mol. The molecule has 0 heterocycles. The highest BCUT2D eigenvalue weighted by atomic mass is 127. The molecule has 0 atom stereocenters. The van der Waals surface area contributed by atoms with Crippen LogP contribution in [0.3, 0.4) is 0 Å². The van der Waals surface area contributed by atoms with Crippen LogP contribution in [0.4, 0.5) is 0 Å². The Labute approximate surface area is 128 Å². The lowest BCUT2D eigenvalue weighted by Crippen LogP contribution is -2.07. The van der Waals surface area contributed by atoms with Crippen molar-refractivity contribution in [3.05, 3.63) is 33.9 Å². The third-order valence-corrected chi connectivity index (χ3v) is 2.77. The van der Waals surface area contributed by atoms with E-state index in [9.17, 15) is 4.79 Å². The van der Waals surface area contributed by atoms with Crippen molar-refractivity contribution in [2.75, 3.05) is 13.2 Å². The van der Waals surface area contributed by atoms with Crippen LogP contribution in [0.25, 0.3) is 6.08 Å². The van der Waals surface area contributed by atoms with Gasteiger partial charge in [0.05, 0.1) is 13.2 Å². The van der Waals surface area contributed by atoms with Gasteiger partial charge in [0.1, 0.15) is 5.75 Å². The molecular formula is C15H19IO3. The molecule has 0 bridgehead atoms. The summed E-state index contributed by atoms with van der Waals surface area (Å²) >= 11 is 2.18. The minimum absolute atomic E-state index is 0.147. The van der Waals surface area contributed by atoms with Crippen LogP contribution in [0, 0.1) is 0 Å². The zero-order chi connectivity index (χ0) is 13.9. The van der Waals surface area contributed by atoms with Crippen molar-refractivity contribution in [3.8, 4) is 5.75 Å². The van der Waals surface area contributed by atoms with Gasteiger partial charge in [0.15, 0.2) is 0 Å². The lowest BCUT2D eigenvalue weighted by atomic mass is 10.2. The topological polar surface area (TPSA) is 35.5 Å². The van der Waals surface area contributed by atoms with Gasteiger partial charge >= 0.3 is 5.97 Å². The van der Waals surface area contributed by atoms with Crippen LogP contribution in [0.2, 0.25) is 0 Å². The second-order valence-corrected chi connectivity index (χ2v) is 4.72. The summed E-state index contributed by atoms with van der Waals surface area (Å²) in [5, 5.41) is 0. The van der Waals surface area contributed by atoms with Crippen LogP contribution in [0.5, 0.6) is 5.75 Å². The van der Waals surface area contributed by atoms with Gasteiger partial charge < -0.3 is 9.47 Å². The first-order valence-corrected chi connectivity index (χ1v) is 7.66. The molecule has 0 radical (unpaired) electrons. The Morgan fingerprint density at radius 2 is 2.11 bits per heavy atom. The van der Waals surface area contributed by atoms with E-state index in [1.54, 1.807) is 0 Å². The van der Waals surface area contributed by atoms with Crippen molar-refractivity contribution < 1.29 is 14.3 Å². The molecule has 4 heteroatoms. The van der Waals surface area contributed by atoms with Crippen LogP contribution in [-0.4, -0.2) is 19.2 Å². The predicted octanol–water partition coefficient (Wildman–Crippen LogP) is 4.20. The van der Waals surface area contributed by atoms with Crippen LogP contribution < -0.4 is 4.74 Å². The number of hydrogen-bond acceptors (Lipinski definition) is 3. The molecule has 19 heavy (non-hydrogen) atoms. The summed E-state index contributed by atoms with van der Waals surface area (Å²) < 4.78 is 12.6. The second-order valence-electron chi connectivity index (χ2n) is 4.00. The molecule has 0 saturated heterocycles. The van der Waals surface area contributed by atoms with Gasteiger partial charge in [-0.15, -0.1) is 0 Å². The molecule has 0 unspecified atom stereocenters. The smallest absolute Gasteiger partial charge is 0.305 e. The fraction of sp³-hybridized carbons (Fsp3) is 0.400. The fourth-order valence-electron chi connectivity index (χ4n) is 1.50. The molecule has 0 aliphatic carbocycles. The van der Waals surface area contributed by atoms with Crippen LogP contribution in [0.1, 0.15) is 31.7 Å². The van der Waals surface area contributed by atoms with E-state index in [1.165, 1.54) is 0 Å². The number of ether oxygens (including phenoxy) is 2. The molecule has 1 aromatic rings. The Morgan fingerprint density at radius 3 is 2.84 bits per heavy atom. The number of halogens is 1. The molecule has 0 fully saturated rings. The molecule has 3 nitrogen and oxygen atoms in total. The fourth-order valence-corrected chi connectivity index (χ4v) is 1.89. The van der Waals surface area contributed by atoms with Crippen molar-refractivity contribution in [2.24, 2.45) is 0 Å². The lowest BCUT2D eigenvalue weighted by molar-refractivity contribution is -0.143. The number of benzene rings is 1. The molecule has 1 aromatic carbocycles. The van der Waals surface area contributed by atoms with Gasteiger partial charge in [0, 0.05) is 12.0 Å².